The van der Waals surface area contributed by atoms with Crippen LogP contribution in [0.25, 0.3) is 10.9 Å². The Labute approximate surface area is 145 Å². The van der Waals surface area contributed by atoms with Crippen molar-refractivity contribution in [2.75, 3.05) is 4.72 Å². The quantitative estimate of drug-likeness (QED) is 0.731. The first kappa shape index (κ1) is 16.9. The highest BCUT2D eigenvalue weighted by molar-refractivity contribution is 7.93. The highest BCUT2D eigenvalue weighted by Crippen LogP contribution is 2.25. The van der Waals surface area contributed by atoms with E-state index < -0.39 is 16.0 Å². The predicted octanol–water partition coefficient (Wildman–Crippen LogP) is 3.30. The summed E-state index contributed by atoms with van der Waals surface area (Å²) < 4.78 is 28.2. The Balaban J connectivity index is 2.05. The molecule has 3 rings (SSSR count). The normalized spacial score (nSPS) is 11.4. The van der Waals surface area contributed by atoms with Crippen LogP contribution in [-0.2, 0) is 16.4 Å². The van der Waals surface area contributed by atoms with E-state index in [2.05, 4.69) is 9.71 Å². The molecule has 0 unspecified atom stereocenters. The molecule has 3 aromatic rings. The van der Waals surface area contributed by atoms with E-state index >= 15 is 0 Å². The van der Waals surface area contributed by atoms with Crippen molar-refractivity contribution in [2.45, 2.75) is 18.2 Å². The lowest BCUT2D eigenvalue weighted by molar-refractivity contribution is 0.0697. The average molecular weight is 356 g/mol. The Morgan fingerprint density at radius 1 is 1.16 bits per heavy atom. The van der Waals surface area contributed by atoms with E-state index in [9.17, 15) is 13.2 Å². The highest BCUT2D eigenvalue weighted by Gasteiger charge is 2.19. The van der Waals surface area contributed by atoms with Gasteiger partial charge in [-0.05, 0) is 54.4 Å². The van der Waals surface area contributed by atoms with E-state index in [1.165, 1.54) is 24.3 Å². The summed E-state index contributed by atoms with van der Waals surface area (Å²) >= 11 is 0. The van der Waals surface area contributed by atoms with Gasteiger partial charge in [-0.25, -0.2) is 13.2 Å². The number of aromatic carboxylic acids is 1. The molecule has 1 heterocycles. The van der Waals surface area contributed by atoms with E-state index in [1.54, 1.807) is 18.3 Å². The predicted molar refractivity (Wildman–Crippen MR) is 95.3 cm³/mol. The summed E-state index contributed by atoms with van der Waals surface area (Å²) in [5, 5.41) is 9.67. The number of aromatic nitrogens is 1. The van der Waals surface area contributed by atoms with E-state index in [4.69, 9.17) is 5.11 Å². The maximum absolute atomic E-state index is 12.8. The number of anilines is 1. The SMILES string of the molecule is CCc1cc(S(=O)(=O)Nc2ccc(C(=O)O)cc2)c2ncccc2c1. The first-order valence-corrected chi connectivity index (χ1v) is 9.13. The summed E-state index contributed by atoms with van der Waals surface area (Å²) in [4.78, 5) is 15.2. The van der Waals surface area contributed by atoms with Crippen molar-refractivity contribution in [1.82, 2.24) is 4.98 Å². The summed E-state index contributed by atoms with van der Waals surface area (Å²) in [7, 11) is -3.87. The number of benzene rings is 2. The third-order valence-electron chi connectivity index (χ3n) is 3.81. The molecule has 128 valence electrons. The van der Waals surface area contributed by atoms with Crippen molar-refractivity contribution in [1.29, 1.82) is 0 Å². The Morgan fingerprint density at radius 2 is 1.88 bits per heavy atom. The van der Waals surface area contributed by atoms with Gasteiger partial charge in [-0.2, -0.15) is 0 Å². The molecule has 0 spiro atoms. The van der Waals surface area contributed by atoms with Crippen LogP contribution in [0.15, 0.2) is 59.6 Å². The van der Waals surface area contributed by atoms with Crippen LogP contribution >= 0.6 is 0 Å². The Kier molecular flexibility index (Phi) is 4.41. The highest BCUT2D eigenvalue weighted by atomic mass is 32.2. The molecule has 25 heavy (non-hydrogen) atoms. The number of carboxylic acids is 1. The van der Waals surface area contributed by atoms with Gasteiger partial charge in [0, 0.05) is 17.3 Å². The molecule has 0 radical (unpaired) electrons. The van der Waals surface area contributed by atoms with Gasteiger partial charge >= 0.3 is 5.97 Å². The molecule has 0 fully saturated rings. The van der Waals surface area contributed by atoms with E-state index in [1.807, 2.05) is 19.1 Å². The zero-order valence-electron chi connectivity index (χ0n) is 13.4. The Bertz CT molecular complexity index is 1040. The smallest absolute Gasteiger partial charge is 0.335 e. The van der Waals surface area contributed by atoms with Crippen molar-refractivity contribution < 1.29 is 18.3 Å². The number of rotatable bonds is 5. The fraction of sp³-hybridized carbons (Fsp3) is 0.111. The lowest BCUT2D eigenvalue weighted by Crippen LogP contribution is -2.14. The number of carboxylic acid groups (broad SMARTS) is 1. The van der Waals surface area contributed by atoms with Gasteiger partial charge in [0.25, 0.3) is 10.0 Å². The summed E-state index contributed by atoms with van der Waals surface area (Å²) in [6.07, 6.45) is 2.25. The molecule has 2 N–H and O–H groups in total. The zero-order chi connectivity index (χ0) is 18.0. The Hall–Kier alpha value is -2.93. The van der Waals surface area contributed by atoms with Crippen molar-refractivity contribution in [2.24, 2.45) is 0 Å². The second-order valence-electron chi connectivity index (χ2n) is 5.51. The van der Waals surface area contributed by atoms with Crippen molar-refractivity contribution >= 4 is 32.6 Å². The minimum absolute atomic E-state index is 0.0862. The van der Waals surface area contributed by atoms with Gasteiger partial charge in [0.15, 0.2) is 0 Å². The van der Waals surface area contributed by atoms with Crippen molar-refractivity contribution in [3.8, 4) is 0 Å². The summed E-state index contributed by atoms with van der Waals surface area (Å²) in [6.45, 7) is 1.95. The van der Waals surface area contributed by atoms with E-state index in [0.29, 0.717) is 11.9 Å². The molecule has 0 saturated carbocycles. The first-order valence-electron chi connectivity index (χ1n) is 7.64. The number of sulfonamides is 1. The van der Waals surface area contributed by atoms with E-state index in [-0.39, 0.29) is 16.1 Å². The first-order chi connectivity index (χ1) is 11.9. The molecule has 2 aromatic carbocycles. The number of hydrogen-bond donors (Lipinski definition) is 2. The number of hydrogen-bond acceptors (Lipinski definition) is 4. The molecule has 0 atom stereocenters. The number of fused-ring (bicyclic) bond motifs is 1. The number of nitrogens with one attached hydrogen (secondary N) is 1. The molecular weight excluding hydrogens is 340 g/mol. The maximum Gasteiger partial charge on any atom is 0.335 e. The molecule has 0 saturated heterocycles. The minimum Gasteiger partial charge on any atom is -0.478 e. The van der Waals surface area contributed by atoms with Crippen molar-refractivity contribution in [3.63, 3.8) is 0 Å². The van der Waals surface area contributed by atoms with Gasteiger partial charge in [-0.1, -0.05) is 13.0 Å². The standard InChI is InChI=1S/C18H16N2O4S/c1-2-12-10-14-4-3-9-19-17(14)16(11-12)25(23,24)20-15-7-5-13(6-8-15)18(21)22/h3-11,20H,2H2,1H3,(H,21,22). The van der Waals surface area contributed by atoms with Gasteiger partial charge in [-0.15, -0.1) is 0 Å². The van der Waals surface area contributed by atoms with Gasteiger partial charge in [-0.3, -0.25) is 9.71 Å². The maximum atomic E-state index is 12.8. The van der Waals surface area contributed by atoms with Crippen LogP contribution in [0.1, 0.15) is 22.8 Å². The topological polar surface area (TPSA) is 96.4 Å². The summed E-state index contributed by atoms with van der Waals surface area (Å²) in [5.41, 5.74) is 1.66. The fourth-order valence-electron chi connectivity index (χ4n) is 2.52. The largest absolute Gasteiger partial charge is 0.478 e. The molecule has 0 aliphatic rings. The Morgan fingerprint density at radius 3 is 2.52 bits per heavy atom. The summed E-state index contributed by atoms with van der Waals surface area (Å²) in [6, 6.07) is 12.6. The van der Waals surface area contributed by atoms with Gasteiger partial charge in [0.2, 0.25) is 0 Å². The second-order valence-corrected chi connectivity index (χ2v) is 7.16. The molecule has 7 heteroatoms. The molecule has 0 bridgehead atoms. The van der Waals surface area contributed by atoms with Crippen molar-refractivity contribution in [3.05, 3.63) is 65.9 Å². The van der Waals surface area contributed by atoms with Crippen LogP contribution in [-0.4, -0.2) is 24.5 Å². The van der Waals surface area contributed by atoms with Crippen LogP contribution < -0.4 is 4.72 Å². The van der Waals surface area contributed by atoms with Crippen LogP contribution in [0.5, 0.6) is 0 Å². The molecular formula is C18H16N2O4S. The van der Waals surface area contributed by atoms with Crippen LogP contribution in [0.4, 0.5) is 5.69 Å². The van der Waals surface area contributed by atoms with Crippen LogP contribution in [0.2, 0.25) is 0 Å². The monoisotopic (exact) mass is 356 g/mol. The summed E-state index contributed by atoms with van der Waals surface area (Å²) in [5.74, 6) is -1.07. The molecule has 0 amide bonds. The van der Waals surface area contributed by atoms with Crippen LogP contribution in [0.3, 0.4) is 0 Å². The third-order valence-corrected chi connectivity index (χ3v) is 5.21. The average Bonchev–Trinajstić information content (AvgIpc) is 2.60. The molecule has 0 aliphatic heterocycles. The van der Waals surface area contributed by atoms with E-state index in [0.717, 1.165) is 10.9 Å². The van der Waals surface area contributed by atoms with Gasteiger partial charge in [0.1, 0.15) is 4.90 Å². The number of nitrogens with zero attached hydrogens (tertiary/aromatic N) is 1. The molecule has 1 aromatic heterocycles. The zero-order valence-corrected chi connectivity index (χ0v) is 14.2. The van der Waals surface area contributed by atoms with Gasteiger partial charge in [0.05, 0.1) is 11.1 Å². The lowest BCUT2D eigenvalue weighted by Gasteiger charge is -2.12. The van der Waals surface area contributed by atoms with Gasteiger partial charge < -0.3 is 5.11 Å². The number of aryl methyl sites for hydroxylation is 1. The fourth-order valence-corrected chi connectivity index (χ4v) is 3.81. The number of pyridine rings is 1. The number of carbonyl (C=O) groups is 1. The van der Waals surface area contributed by atoms with Crippen LogP contribution in [0, 0.1) is 0 Å². The second kappa shape index (κ2) is 6.52. The minimum atomic E-state index is -3.87. The lowest BCUT2D eigenvalue weighted by atomic mass is 10.1. The molecule has 0 aliphatic carbocycles. The molecule has 6 nitrogen and oxygen atoms in total. The third kappa shape index (κ3) is 3.46.